The van der Waals surface area contributed by atoms with Crippen LogP contribution in [-0.4, -0.2) is 44.8 Å². The van der Waals surface area contributed by atoms with Crippen LogP contribution in [0, 0.1) is 13.8 Å². The maximum Gasteiger partial charge on any atom is 0.451 e. The van der Waals surface area contributed by atoms with Crippen molar-refractivity contribution in [2.24, 2.45) is 7.05 Å². The summed E-state index contributed by atoms with van der Waals surface area (Å²) in [6.07, 6.45) is -3.78. The smallest absolute Gasteiger partial charge is 0.325 e. The van der Waals surface area contributed by atoms with Gasteiger partial charge in [-0.2, -0.15) is 13.2 Å². The molecule has 1 amide bonds. The summed E-state index contributed by atoms with van der Waals surface area (Å²) in [6.45, 7) is 5.14. The normalized spacial score (nSPS) is 16.2. The molecule has 0 radical (unpaired) electrons. The van der Waals surface area contributed by atoms with Gasteiger partial charge in [0.15, 0.2) is 0 Å². The van der Waals surface area contributed by atoms with E-state index in [0.29, 0.717) is 30.5 Å². The predicted molar refractivity (Wildman–Crippen MR) is 102 cm³/mol. The number of hydrogen-bond acceptors (Lipinski definition) is 4. The monoisotopic (exact) mass is 411 g/mol. The lowest BCUT2D eigenvalue weighted by molar-refractivity contribution is -0.147. The maximum atomic E-state index is 13.0. The van der Waals surface area contributed by atoms with Crippen LogP contribution >= 0.6 is 0 Å². The average Bonchev–Trinajstić information content (AvgIpc) is 2.94. The van der Waals surface area contributed by atoms with Gasteiger partial charge in [0, 0.05) is 25.8 Å². The Labute approximate surface area is 166 Å². The molecule has 0 saturated carbocycles. The molecule has 0 aliphatic carbocycles. The lowest BCUT2D eigenvalue weighted by atomic mass is 10.1. The van der Waals surface area contributed by atoms with Gasteiger partial charge in [0.2, 0.25) is 11.7 Å². The molecule has 1 fully saturated rings. The van der Waals surface area contributed by atoms with Crippen molar-refractivity contribution < 1.29 is 18.0 Å². The van der Waals surface area contributed by atoms with Crippen molar-refractivity contribution in [2.45, 2.75) is 38.9 Å². The zero-order chi connectivity index (χ0) is 21.3. The Hall–Kier alpha value is -2.62. The molecule has 1 N–H and O–H groups in total. The second kappa shape index (κ2) is 8.02. The molecule has 1 aliphatic heterocycles. The molecule has 2 aromatic rings. The van der Waals surface area contributed by atoms with E-state index in [4.69, 9.17) is 0 Å². The van der Waals surface area contributed by atoms with Crippen LogP contribution in [0.2, 0.25) is 0 Å². The van der Waals surface area contributed by atoms with Crippen molar-refractivity contribution in [1.29, 1.82) is 0 Å². The summed E-state index contributed by atoms with van der Waals surface area (Å²) in [6, 6.07) is 5.28. The molecule has 7 nitrogen and oxygen atoms in total. The number of aromatic nitrogens is 3. The van der Waals surface area contributed by atoms with Gasteiger partial charge in [0.1, 0.15) is 0 Å². The fraction of sp³-hybridized carbons (Fsp3) is 0.526. The van der Waals surface area contributed by atoms with E-state index in [9.17, 15) is 22.8 Å². The van der Waals surface area contributed by atoms with Crippen LogP contribution in [0.1, 0.15) is 35.8 Å². The van der Waals surface area contributed by atoms with E-state index in [1.165, 1.54) is 0 Å². The van der Waals surface area contributed by atoms with Crippen LogP contribution in [-0.2, 0) is 18.0 Å². The molecule has 10 heteroatoms. The van der Waals surface area contributed by atoms with Crippen molar-refractivity contribution >= 4 is 11.6 Å². The molecular weight excluding hydrogens is 387 g/mol. The molecule has 0 unspecified atom stereocenters. The van der Waals surface area contributed by atoms with Crippen LogP contribution in [0.15, 0.2) is 23.0 Å². The van der Waals surface area contributed by atoms with E-state index >= 15 is 0 Å². The first-order chi connectivity index (χ1) is 13.6. The minimum absolute atomic E-state index is 0.152. The van der Waals surface area contributed by atoms with Gasteiger partial charge in [0.25, 0.3) is 0 Å². The Morgan fingerprint density at radius 3 is 2.41 bits per heavy atom. The number of amides is 1. The van der Waals surface area contributed by atoms with E-state index in [-0.39, 0.29) is 12.5 Å². The fourth-order valence-electron chi connectivity index (χ4n) is 3.49. The van der Waals surface area contributed by atoms with Gasteiger partial charge < -0.3 is 5.32 Å². The molecule has 0 bridgehead atoms. The topological polar surface area (TPSA) is 72.2 Å². The van der Waals surface area contributed by atoms with E-state index in [1.807, 2.05) is 36.9 Å². The summed E-state index contributed by atoms with van der Waals surface area (Å²) in [5, 5.41) is 6.37. The summed E-state index contributed by atoms with van der Waals surface area (Å²) in [5.41, 5.74) is 2.18. The first-order valence-corrected chi connectivity index (χ1v) is 9.38. The van der Waals surface area contributed by atoms with Gasteiger partial charge in [-0.25, -0.2) is 9.48 Å². The number of anilines is 1. The zero-order valence-electron chi connectivity index (χ0n) is 16.6. The van der Waals surface area contributed by atoms with Crippen molar-refractivity contribution in [3.63, 3.8) is 0 Å². The van der Waals surface area contributed by atoms with Crippen LogP contribution in [0.5, 0.6) is 0 Å². The third-order valence-electron chi connectivity index (χ3n) is 5.32. The number of carbonyl (C=O) groups excluding carboxylic acids is 1. The predicted octanol–water partition coefficient (Wildman–Crippen LogP) is 2.49. The summed E-state index contributed by atoms with van der Waals surface area (Å²) >= 11 is 0. The first-order valence-electron chi connectivity index (χ1n) is 9.38. The Bertz CT molecular complexity index is 956. The minimum atomic E-state index is -4.67. The van der Waals surface area contributed by atoms with Crippen LogP contribution in [0.4, 0.5) is 18.9 Å². The van der Waals surface area contributed by atoms with Gasteiger partial charge in [0.05, 0.1) is 12.6 Å². The molecule has 1 saturated heterocycles. The highest BCUT2D eigenvalue weighted by Crippen LogP contribution is 2.28. The first kappa shape index (κ1) is 21.1. The van der Waals surface area contributed by atoms with Crippen molar-refractivity contribution in [3.05, 3.63) is 45.6 Å². The van der Waals surface area contributed by atoms with E-state index < -0.39 is 23.7 Å². The van der Waals surface area contributed by atoms with Crippen LogP contribution in [0.3, 0.4) is 0 Å². The third-order valence-corrected chi connectivity index (χ3v) is 5.32. The summed E-state index contributed by atoms with van der Waals surface area (Å²) in [4.78, 5) is 26.3. The molecule has 3 rings (SSSR count). The fourth-order valence-corrected chi connectivity index (χ4v) is 3.49. The molecule has 29 heavy (non-hydrogen) atoms. The Kier molecular flexibility index (Phi) is 5.83. The molecule has 0 atom stereocenters. The van der Waals surface area contributed by atoms with Crippen molar-refractivity contribution in [1.82, 2.24) is 19.2 Å². The highest BCUT2D eigenvalue weighted by Gasteiger charge is 2.39. The third kappa shape index (κ3) is 4.69. The SMILES string of the molecule is Cc1ccc(NC(=O)CN2CCC(n3nc(C(F)(F)F)n(C)c3=O)CC2)cc1C. The van der Waals surface area contributed by atoms with E-state index in [0.717, 1.165) is 28.5 Å². The van der Waals surface area contributed by atoms with Gasteiger partial charge in [-0.05, 0) is 49.9 Å². The number of nitrogens with zero attached hydrogens (tertiary/aromatic N) is 4. The second-order valence-electron chi connectivity index (χ2n) is 7.46. The van der Waals surface area contributed by atoms with Crippen molar-refractivity contribution in [2.75, 3.05) is 25.0 Å². The Balaban J connectivity index is 1.57. The van der Waals surface area contributed by atoms with Crippen LogP contribution < -0.4 is 11.0 Å². The highest BCUT2D eigenvalue weighted by molar-refractivity contribution is 5.92. The number of hydrogen-bond donors (Lipinski definition) is 1. The minimum Gasteiger partial charge on any atom is -0.325 e. The van der Waals surface area contributed by atoms with Gasteiger partial charge in [-0.15, -0.1) is 5.10 Å². The van der Waals surface area contributed by atoms with Gasteiger partial charge in [-0.3, -0.25) is 14.3 Å². The quantitative estimate of drug-likeness (QED) is 0.839. The molecule has 1 aromatic heterocycles. The Morgan fingerprint density at radius 2 is 1.86 bits per heavy atom. The number of benzene rings is 1. The zero-order valence-corrected chi connectivity index (χ0v) is 16.6. The molecule has 2 heterocycles. The molecular formula is C19H24F3N5O2. The summed E-state index contributed by atoms with van der Waals surface area (Å²) in [5.74, 6) is -1.35. The number of alkyl halides is 3. The number of aryl methyl sites for hydroxylation is 2. The second-order valence-corrected chi connectivity index (χ2v) is 7.46. The number of nitrogens with one attached hydrogen (secondary N) is 1. The Morgan fingerprint density at radius 1 is 1.21 bits per heavy atom. The van der Waals surface area contributed by atoms with E-state index in [1.54, 1.807) is 0 Å². The summed E-state index contributed by atoms with van der Waals surface area (Å²) in [7, 11) is 1.07. The standard InChI is InChI=1S/C19H24F3N5O2/c1-12-4-5-14(10-13(12)2)23-16(28)11-26-8-6-15(7-9-26)27-18(29)25(3)17(24-27)19(20,21)22/h4-5,10,15H,6-9,11H2,1-3H3,(H,23,28). The molecule has 158 valence electrons. The average molecular weight is 411 g/mol. The maximum absolute atomic E-state index is 13.0. The number of rotatable bonds is 4. The molecule has 1 aliphatic rings. The van der Waals surface area contributed by atoms with Crippen molar-refractivity contribution in [3.8, 4) is 0 Å². The molecule has 1 aromatic carbocycles. The number of piperidine rings is 1. The van der Waals surface area contributed by atoms with E-state index in [2.05, 4.69) is 10.4 Å². The lowest BCUT2D eigenvalue weighted by Crippen LogP contribution is -2.41. The largest absolute Gasteiger partial charge is 0.451 e. The highest BCUT2D eigenvalue weighted by atomic mass is 19.4. The number of carbonyl (C=O) groups is 1. The van der Waals surface area contributed by atoms with Crippen LogP contribution in [0.25, 0.3) is 0 Å². The van der Waals surface area contributed by atoms with Gasteiger partial charge >= 0.3 is 11.9 Å². The molecule has 0 spiro atoms. The van der Waals surface area contributed by atoms with Gasteiger partial charge in [-0.1, -0.05) is 6.07 Å². The number of halogens is 3. The summed E-state index contributed by atoms with van der Waals surface area (Å²) < 4.78 is 40.3. The number of likely N-dealkylation sites (tertiary alicyclic amines) is 1. The lowest BCUT2D eigenvalue weighted by Gasteiger charge is -2.31.